The molecule has 2 N–H and O–H groups in total. The van der Waals surface area contributed by atoms with Crippen LogP contribution >= 0.6 is 0 Å². The first kappa shape index (κ1) is 16.8. The van der Waals surface area contributed by atoms with Gasteiger partial charge in [0.1, 0.15) is 11.5 Å². The Bertz CT molecular complexity index is 799. The number of aromatic hydroxyl groups is 1. The van der Waals surface area contributed by atoms with Gasteiger partial charge in [-0.1, -0.05) is 12.1 Å². The van der Waals surface area contributed by atoms with Crippen molar-refractivity contribution in [1.82, 2.24) is 0 Å². The molecule has 2 aromatic rings. The average Bonchev–Trinajstić information content (AvgIpc) is 2.57. The fraction of sp³-hybridized carbons (Fsp3) is 0.263. The van der Waals surface area contributed by atoms with E-state index in [0.717, 1.165) is 0 Å². The number of carbonyl (C=O) groups excluding carboxylic acids is 2. The van der Waals surface area contributed by atoms with E-state index in [1.807, 2.05) is 18.2 Å². The Kier molecular flexibility index (Phi) is 4.35. The van der Waals surface area contributed by atoms with Gasteiger partial charge in [0.25, 0.3) is 5.91 Å². The number of benzene rings is 2. The first-order valence-electron chi connectivity index (χ1n) is 8.06. The number of anilines is 2. The van der Waals surface area contributed by atoms with Crippen LogP contribution in [0.2, 0.25) is 0 Å². The number of hydrogen-bond donors (Lipinski definition) is 2. The molecule has 1 heterocycles. The molecule has 3 rings (SSSR count). The van der Waals surface area contributed by atoms with Crippen LogP contribution in [0.5, 0.6) is 11.5 Å². The van der Waals surface area contributed by atoms with Crippen LogP contribution in [0.25, 0.3) is 0 Å². The van der Waals surface area contributed by atoms with E-state index in [1.54, 1.807) is 36.9 Å². The van der Waals surface area contributed by atoms with Crippen molar-refractivity contribution in [2.24, 2.45) is 0 Å². The number of para-hydroxylation sites is 2. The van der Waals surface area contributed by atoms with Gasteiger partial charge in [-0.3, -0.25) is 9.59 Å². The van der Waals surface area contributed by atoms with Gasteiger partial charge in [-0.15, -0.1) is 0 Å². The first-order valence-corrected chi connectivity index (χ1v) is 8.06. The van der Waals surface area contributed by atoms with Crippen LogP contribution in [0.1, 0.15) is 20.3 Å². The highest BCUT2D eigenvalue weighted by molar-refractivity contribution is 6.03. The molecular weight excluding hydrogens is 320 g/mol. The highest BCUT2D eigenvalue weighted by atomic mass is 16.5. The molecule has 0 fully saturated rings. The third-order valence-electron chi connectivity index (χ3n) is 3.99. The molecule has 0 aliphatic carbocycles. The maximum Gasteiger partial charge on any atom is 0.270 e. The molecular formula is C19H20N2O4. The molecule has 0 spiro atoms. The number of hydrogen-bond acceptors (Lipinski definition) is 4. The van der Waals surface area contributed by atoms with Crippen LogP contribution < -0.4 is 15.0 Å². The Morgan fingerprint density at radius 2 is 1.84 bits per heavy atom. The summed E-state index contributed by atoms with van der Waals surface area (Å²) in [4.78, 5) is 26.4. The molecule has 6 nitrogen and oxygen atoms in total. The van der Waals surface area contributed by atoms with Crippen molar-refractivity contribution in [2.45, 2.75) is 25.9 Å². The average molecular weight is 340 g/mol. The summed E-state index contributed by atoms with van der Waals surface area (Å²) in [5.41, 5.74) is 0.294. The molecule has 1 aliphatic rings. The number of nitrogens with zero attached hydrogens (tertiary/aromatic N) is 1. The third kappa shape index (κ3) is 3.57. The van der Waals surface area contributed by atoms with Gasteiger partial charge in [-0.2, -0.15) is 0 Å². The second-order valence-corrected chi connectivity index (χ2v) is 6.38. The number of fused-ring (bicyclic) bond motifs is 1. The Labute approximate surface area is 146 Å². The Morgan fingerprint density at radius 1 is 1.16 bits per heavy atom. The lowest BCUT2D eigenvalue weighted by molar-refractivity contribution is -0.132. The van der Waals surface area contributed by atoms with E-state index in [-0.39, 0.29) is 30.5 Å². The van der Waals surface area contributed by atoms with Gasteiger partial charge in [-0.05, 0) is 50.2 Å². The van der Waals surface area contributed by atoms with E-state index in [2.05, 4.69) is 5.32 Å². The third-order valence-corrected chi connectivity index (χ3v) is 3.99. The molecule has 0 unspecified atom stereocenters. The molecule has 25 heavy (non-hydrogen) atoms. The summed E-state index contributed by atoms with van der Waals surface area (Å²) in [7, 11) is 0. The number of carbonyl (C=O) groups is 2. The van der Waals surface area contributed by atoms with Crippen molar-refractivity contribution in [2.75, 3.05) is 16.8 Å². The topological polar surface area (TPSA) is 78.9 Å². The summed E-state index contributed by atoms with van der Waals surface area (Å²) < 4.78 is 5.76. The van der Waals surface area contributed by atoms with Crippen LogP contribution in [0.4, 0.5) is 11.4 Å². The number of phenols is 1. The van der Waals surface area contributed by atoms with E-state index in [1.165, 1.54) is 12.1 Å². The van der Waals surface area contributed by atoms with Crippen molar-refractivity contribution in [3.05, 3.63) is 48.5 Å². The van der Waals surface area contributed by atoms with Gasteiger partial charge in [0, 0.05) is 18.7 Å². The zero-order chi connectivity index (χ0) is 18.0. The number of rotatable bonds is 4. The Balaban J connectivity index is 1.70. The summed E-state index contributed by atoms with van der Waals surface area (Å²) in [5.74, 6) is 0.380. The van der Waals surface area contributed by atoms with Crippen LogP contribution in [0.15, 0.2) is 48.5 Å². The monoisotopic (exact) mass is 340 g/mol. The van der Waals surface area contributed by atoms with Crippen LogP contribution in [0.3, 0.4) is 0 Å². The van der Waals surface area contributed by atoms with Crippen molar-refractivity contribution in [3.8, 4) is 11.5 Å². The predicted molar refractivity (Wildman–Crippen MR) is 94.9 cm³/mol. The smallest absolute Gasteiger partial charge is 0.270 e. The molecule has 6 heteroatoms. The zero-order valence-corrected chi connectivity index (χ0v) is 14.2. The summed E-state index contributed by atoms with van der Waals surface area (Å²) in [5, 5.41) is 12.0. The second kappa shape index (κ2) is 6.47. The maximum atomic E-state index is 12.7. The van der Waals surface area contributed by atoms with E-state index in [4.69, 9.17) is 4.74 Å². The highest BCUT2D eigenvalue weighted by Gasteiger charge is 2.40. The number of ether oxygens (including phenoxy) is 1. The maximum absolute atomic E-state index is 12.7. The summed E-state index contributed by atoms with van der Waals surface area (Å²) in [6.07, 6.45) is 0.150. The van der Waals surface area contributed by atoms with E-state index in [0.29, 0.717) is 17.1 Å². The number of nitrogens with one attached hydrogen (secondary N) is 1. The largest absolute Gasteiger partial charge is 0.508 e. The lowest BCUT2D eigenvalue weighted by atomic mass is 10.0. The van der Waals surface area contributed by atoms with Crippen LogP contribution in [-0.4, -0.2) is 29.1 Å². The van der Waals surface area contributed by atoms with E-state index in [9.17, 15) is 14.7 Å². The summed E-state index contributed by atoms with van der Waals surface area (Å²) >= 11 is 0. The van der Waals surface area contributed by atoms with Crippen molar-refractivity contribution >= 4 is 23.2 Å². The van der Waals surface area contributed by atoms with Crippen molar-refractivity contribution < 1.29 is 19.4 Å². The molecule has 130 valence electrons. The Morgan fingerprint density at radius 3 is 2.56 bits per heavy atom. The van der Waals surface area contributed by atoms with Crippen molar-refractivity contribution in [3.63, 3.8) is 0 Å². The summed E-state index contributed by atoms with van der Waals surface area (Å²) in [6, 6.07) is 13.5. The minimum absolute atomic E-state index is 0.135. The first-order chi connectivity index (χ1) is 11.9. The van der Waals surface area contributed by atoms with Gasteiger partial charge in [-0.25, -0.2) is 0 Å². The normalized spacial score (nSPS) is 15.3. The van der Waals surface area contributed by atoms with Gasteiger partial charge < -0.3 is 20.1 Å². The molecule has 0 radical (unpaired) electrons. The number of amides is 2. The SMILES string of the molecule is CC1(C)Oc2ccccc2N(CCC(=O)Nc2ccc(O)cc2)C1=O. The predicted octanol–water partition coefficient (Wildman–Crippen LogP) is 2.93. The standard InChI is InChI=1S/C19H20N2O4/c1-19(2)18(24)21(15-5-3-4-6-16(15)25-19)12-11-17(23)20-13-7-9-14(22)10-8-13/h3-10,22H,11-12H2,1-2H3,(H,20,23). The molecule has 2 aromatic carbocycles. The minimum atomic E-state index is -0.970. The van der Waals surface area contributed by atoms with E-state index < -0.39 is 5.60 Å². The van der Waals surface area contributed by atoms with Gasteiger partial charge in [0.05, 0.1) is 5.69 Å². The van der Waals surface area contributed by atoms with Crippen molar-refractivity contribution in [1.29, 1.82) is 0 Å². The summed E-state index contributed by atoms with van der Waals surface area (Å²) in [6.45, 7) is 3.69. The molecule has 0 saturated heterocycles. The minimum Gasteiger partial charge on any atom is -0.508 e. The molecule has 0 atom stereocenters. The molecule has 2 amide bonds. The van der Waals surface area contributed by atoms with Crippen LogP contribution in [-0.2, 0) is 9.59 Å². The number of phenolic OH excluding ortho intramolecular Hbond substituents is 1. The van der Waals surface area contributed by atoms with E-state index >= 15 is 0 Å². The van der Waals surface area contributed by atoms with Gasteiger partial charge in [0.15, 0.2) is 5.60 Å². The molecule has 0 saturated carbocycles. The Hall–Kier alpha value is -3.02. The zero-order valence-electron chi connectivity index (χ0n) is 14.2. The molecule has 0 bridgehead atoms. The molecule has 0 aromatic heterocycles. The quantitative estimate of drug-likeness (QED) is 0.839. The fourth-order valence-corrected chi connectivity index (χ4v) is 2.72. The van der Waals surface area contributed by atoms with Gasteiger partial charge in [0.2, 0.25) is 5.91 Å². The van der Waals surface area contributed by atoms with Gasteiger partial charge >= 0.3 is 0 Å². The van der Waals surface area contributed by atoms with Crippen LogP contribution in [0, 0.1) is 0 Å². The molecule has 1 aliphatic heterocycles. The second-order valence-electron chi connectivity index (χ2n) is 6.38. The highest BCUT2D eigenvalue weighted by Crippen LogP contribution is 2.37. The lowest BCUT2D eigenvalue weighted by Crippen LogP contribution is -2.53. The fourth-order valence-electron chi connectivity index (χ4n) is 2.72. The lowest BCUT2D eigenvalue weighted by Gasteiger charge is -2.38.